The van der Waals surface area contributed by atoms with Crippen LogP contribution in [0.25, 0.3) is 0 Å². The quantitative estimate of drug-likeness (QED) is 0.800. The van der Waals surface area contributed by atoms with Crippen LogP contribution in [0.1, 0.15) is 11.7 Å². The van der Waals surface area contributed by atoms with Crippen molar-refractivity contribution >= 4 is 31.9 Å². The molecule has 0 aliphatic rings. The molecule has 0 aliphatic carbocycles. The summed E-state index contributed by atoms with van der Waals surface area (Å²) >= 11 is 5.85. The lowest BCUT2D eigenvalue weighted by molar-refractivity contribution is -0.207. The maximum absolute atomic E-state index is 12.1. The van der Waals surface area contributed by atoms with Crippen LogP contribution in [0.15, 0.2) is 21.3 Å². The molecule has 0 fully saturated rings. The number of hydrogen-bond acceptors (Lipinski definition) is 2. The van der Waals surface area contributed by atoms with Gasteiger partial charge in [0.25, 0.3) is 0 Å². The lowest BCUT2D eigenvalue weighted by atomic mass is 10.1. The van der Waals surface area contributed by atoms with Gasteiger partial charge in [-0.15, -0.1) is 0 Å². The first-order chi connectivity index (χ1) is 6.34. The minimum atomic E-state index is -4.68. The molecule has 0 saturated heterocycles. The molecule has 0 amide bonds. The number of aromatic nitrogens is 1. The van der Waals surface area contributed by atoms with Gasteiger partial charge in [-0.2, -0.15) is 13.2 Å². The van der Waals surface area contributed by atoms with E-state index in [0.29, 0.717) is 0 Å². The first kappa shape index (κ1) is 11.9. The average Bonchev–Trinajstić information content (AvgIpc) is 2.07. The molecule has 1 rings (SSSR count). The van der Waals surface area contributed by atoms with Crippen molar-refractivity contribution < 1.29 is 18.3 Å². The standard InChI is InChI=1S/C7H4Br2F3NO/c8-4-3(1-2-13-6(4)9)5(14)7(10,11)12/h1-2,5,14H. The molecule has 1 heterocycles. The molecule has 1 unspecified atom stereocenters. The number of hydrogen-bond donors (Lipinski definition) is 1. The van der Waals surface area contributed by atoms with E-state index in [9.17, 15) is 13.2 Å². The SMILES string of the molecule is OC(c1ccnc(Br)c1Br)C(F)(F)F. The Hall–Kier alpha value is -0.140. The number of rotatable bonds is 1. The van der Waals surface area contributed by atoms with Gasteiger partial charge >= 0.3 is 6.18 Å². The van der Waals surface area contributed by atoms with E-state index in [0.717, 1.165) is 6.07 Å². The topological polar surface area (TPSA) is 33.1 Å². The second kappa shape index (κ2) is 4.16. The first-order valence-corrected chi connectivity index (χ1v) is 4.97. The summed E-state index contributed by atoms with van der Waals surface area (Å²) in [7, 11) is 0. The van der Waals surface area contributed by atoms with Crippen LogP contribution in [-0.4, -0.2) is 16.3 Å². The highest BCUT2D eigenvalue weighted by Crippen LogP contribution is 2.37. The Morgan fingerprint density at radius 2 is 1.93 bits per heavy atom. The van der Waals surface area contributed by atoms with E-state index >= 15 is 0 Å². The lowest BCUT2D eigenvalue weighted by Crippen LogP contribution is -2.20. The number of pyridine rings is 1. The van der Waals surface area contributed by atoms with Gasteiger partial charge in [0, 0.05) is 11.8 Å². The van der Waals surface area contributed by atoms with Crippen molar-refractivity contribution in [2.24, 2.45) is 0 Å². The Labute approximate surface area is 94.4 Å². The van der Waals surface area contributed by atoms with E-state index in [1.807, 2.05) is 0 Å². The van der Waals surface area contributed by atoms with Gasteiger partial charge in [0.2, 0.25) is 0 Å². The van der Waals surface area contributed by atoms with Crippen LogP contribution >= 0.6 is 31.9 Å². The predicted molar refractivity (Wildman–Crippen MR) is 50.7 cm³/mol. The molecule has 1 atom stereocenters. The fourth-order valence-corrected chi connectivity index (χ4v) is 1.62. The highest BCUT2D eigenvalue weighted by molar-refractivity contribution is 9.13. The summed E-state index contributed by atoms with van der Waals surface area (Å²) in [5.74, 6) is 0. The summed E-state index contributed by atoms with van der Waals surface area (Å²) in [5, 5.41) is 8.96. The molecule has 0 aliphatic heterocycles. The first-order valence-electron chi connectivity index (χ1n) is 3.38. The summed E-state index contributed by atoms with van der Waals surface area (Å²) in [6.45, 7) is 0. The highest BCUT2D eigenvalue weighted by atomic mass is 79.9. The van der Waals surface area contributed by atoms with E-state index in [-0.39, 0.29) is 14.6 Å². The molecule has 0 bridgehead atoms. The number of aliphatic hydroxyl groups excluding tert-OH is 1. The summed E-state index contributed by atoms with van der Waals surface area (Å²) in [4.78, 5) is 3.70. The van der Waals surface area contributed by atoms with Crippen LogP contribution < -0.4 is 0 Å². The second-order valence-electron chi connectivity index (χ2n) is 2.45. The summed E-state index contributed by atoms with van der Waals surface area (Å²) < 4.78 is 36.7. The zero-order valence-corrected chi connectivity index (χ0v) is 9.69. The molecule has 1 aromatic rings. The molecule has 1 N–H and O–H groups in total. The van der Waals surface area contributed by atoms with E-state index in [1.54, 1.807) is 0 Å². The van der Waals surface area contributed by atoms with Crippen molar-refractivity contribution in [2.45, 2.75) is 12.3 Å². The molecule has 7 heteroatoms. The van der Waals surface area contributed by atoms with E-state index in [1.165, 1.54) is 6.20 Å². The smallest absolute Gasteiger partial charge is 0.379 e. The Balaban J connectivity index is 3.14. The van der Waals surface area contributed by atoms with Crippen molar-refractivity contribution in [3.8, 4) is 0 Å². The third kappa shape index (κ3) is 2.46. The van der Waals surface area contributed by atoms with Gasteiger partial charge in [-0.3, -0.25) is 0 Å². The summed E-state index contributed by atoms with van der Waals surface area (Å²) in [6.07, 6.45) is -6.00. The molecule has 78 valence electrons. The van der Waals surface area contributed by atoms with Crippen molar-refractivity contribution in [1.82, 2.24) is 4.98 Å². The molecule has 0 aromatic carbocycles. The fraction of sp³-hybridized carbons (Fsp3) is 0.286. The van der Waals surface area contributed by atoms with Crippen LogP contribution in [0.3, 0.4) is 0 Å². The fourth-order valence-electron chi connectivity index (χ4n) is 0.819. The van der Waals surface area contributed by atoms with Gasteiger partial charge in [0.15, 0.2) is 6.10 Å². The Morgan fingerprint density at radius 3 is 2.43 bits per heavy atom. The van der Waals surface area contributed by atoms with Crippen LogP contribution in [0.2, 0.25) is 0 Å². The van der Waals surface area contributed by atoms with E-state index < -0.39 is 12.3 Å². The molecule has 0 spiro atoms. The molecule has 1 aromatic heterocycles. The molecular formula is C7H4Br2F3NO. The van der Waals surface area contributed by atoms with Crippen molar-refractivity contribution in [3.05, 3.63) is 26.9 Å². The predicted octanol–water partition coefficient (Wildman–Crippen LogP) is 3.20. The van der Waals surface area contributed by atoms with Crippen LogP contribution in [0.4, 0.5) is 13.2 Å². The molecule has 14 heavy (non-hydrogen) atoms. The minimum Gasteiger partial charge on any atom is -0.379 e. The van der Waals surface area contributed by atoms with E-state index in [4.69, 9.17) is 5.11 Å². The normalized spacial score (nSPS) is 14.1. The number of nitrogens with zero attached hydrogens (tertiary/aromatic N) is 1. The molecular weight excluding hydrogens is 331 g/mol. The number of alkyl halides is 3. The summed E-state index contributed by atoms with van der Waals surface area (Å²) in [5.41, 5.74) is -0.264. The molecule has 0 saturated carbocycles. The van der Waals surface area contributed by atoms with Crippen molar-refractivity contribution in [1.29, 1.82) is 0 Å². The van der Waals surface area contributed by atoms with Crippen LogP contribution in [0, 0.1) is 0 Å². The van der Waals surface area contributed by atoms with Crippen LogP contribution in [-0.2, 0) is 0 Å². The van der Waals surface area contributed by atoms with Gasteiger partial charge in [-0.25, -0.2) is 4.98 Å². The lowest BCUT2D eigenvalue weighted by Gasteiger charge is -2.16. The second-order valence-corrected chi connectivity index (χ2v) is 3.99. The average molecular weight is 335 g/mol. The minimum absolute atomic E-state index is 0.102. The summed E-state index contributed by atoms with van der Waals surface area (Å²) in [6, 6.07) is 1.10. The molecule has 0 radical (unpaired) electrons. The maximum Gasteiger partial charge on any atom is 0.418 e. The zero-order valence-electron chi connectivity index (χ0n) is 6.52. The Bertz CT molecular complexity index is 342. The van der Waals surface area contributed by atoms with E-state index in [2.05, 4.69) is 36.8 Å². The van der Waals surface area contributed by atoms with Gasteiger partial charge in [0.05, 0.1) is 4.47 Å². The third-order valence-corrected chi connectivity index (χ3v) is 3.45. The monoisotopic (exact) mass is 333 g/mol. The van der Waals surface area contributed by atoms with Gasteiger partial charge < -0.3 is 5.11 Å². The Kier molecular flexibility index (Phi) is 3.54. The van der Waals surface area contributed by atoms with Gasteiger partial charge in [0.1, 0.15) is 4.60 Å². The Morgan fingerprint density at radius 1 is 1.36 bits per heavy atom. The van der Waals surface area contributed by atoms with Crippen LogP contribution in [0.5, 0.6) is 0 Å². The van der Waals surface area contributed by atoms with Gasteiger partial charge in [-0.1, -0.05) is 0 Å². The maximum atomic E-state index is 12.1. The van der Waals surface area contributed by atoms with Crippen molar-refractivity contribution in [2.75, 3.05) is 0 Å². The van der Waals surface area contributed by atoms with Crippen molar-refractivity contribution in [3.63, 3.8) is 0 Å². The zero-order chi connectivity index (χ0) is 10.9. The van der Waals surface area contributed by atoms with Gasteiger partial charge in [-0.05, 0) is 37.9 Å². The highest BCUT2D eigenvalue weighted by Gasteiger charge is 2.40. The third-order valence-electron chi connectivity index (χ3n) is 1.48. The molecule has 2 nitrogen and oxygen atoms in total. The number of halogens is 5. The largest absolute Gasteiger partial charge is 0.418 e. The number of aliphatic hydroxyl groups is 1.